The van der Waals surface area contributed by atoms with Gasteiger partial charge in [-0.05, 0) is 30.0 Å². The second kappa shape index (κ2) is 5.85. The van der Waals surface area contributed by atoms with Gasteiger partial charge in [0.25, 0.3) is 0 Å². The van der Waals surface area contributed by atoms with E-state index in [9.17, 15) is 4.79 Å². The monoisotopic (exact) mass is 287 g/mol. The maximum absolute atomic E-state index is 12.0. The average Bonchev–Trinajstić information content (AvgIpc) is 3.01. The number of rotatable bonds is 5. The van der Waals surface area contributed by atoms with E-state index in [1.807, 2.05) is 28.9 Å². The van der Waals surface area contributed by atoms with E-state index in [0.717, 1.165) is 18.6 Å². The third-order valence-electron chi connectivity index (χ3n) is 4.23. The minimum absolute atomic E-state index is 0.246. The number of aromatic nitrogens is 2. The van der Waals surface area contributed by atoms with Crippen LogP contribution in [0, 0.1) is 5.92 Å². The number of pyridine rings is 1. The summed E-state index contributed by atoms with van der Waals surface area (Å²) in [6, 6.07) is 4.18. The number of methoxy groups -OCH3 is 1. The number of likely N-dealkylation sites (tertiary alicyclic amines) is 1. The molecule has 1 unspecified atom stereocenters. The Morgan fingerprint density at radius 3 is 3.10 bits per heavy atom. The van der Waals surface area contributed by atoms with Gasteiger partial charge in [-0.25, -0.2) is 4.98 Å². The van der Waals surface area contributed by atoms with Crippen LogP contribution in [0.2, 0.25) is 0 Å². The summed E-state index contributed by atoms with van der Waals surface area (Å²) in [5.41, 5.74) is 2.29. The highest BCUT2D eigenvalue weighted by Gasteiger charge is 2.29. The number of amides is 1. The Hall–Kier alpha value is -1.88. The van der Waals surface area contributed by atoms with E-state index in [4.69, 9.17) is 4.74 Å². The van der Waals surface area contributed by atoms with Crippen molar-refractivity contribution in [3.63, 3.8) is 0 Å². The number of carbonyl (C=O) groups is 1. The number of fused-ring (bicyclic) bond motifs is 1. The highest BCUT2D eigenvalue weighted by Crippen LogP contribution is 2.25. The molecule has 21 heavy (non-hydrogen) atoms. The normalized spacial score (nSPS) is 18.9. The smallest absolute Gasteiger partial charge is 0.223 e. The molecular weight excluding hydrogens is 266 g/mol. The lowest BCUT2D eigenvalue weighted by Crippen LogP contribution is -2.28. The van der Waals surface area contributed by atoms with E-state index >= 15 is 0 Å². The number of ether oxygens (including phenoxy) is 1. The van der Waals surface area contributed by atoms with Gasteiger partial charge in [-0.1, -0.05) is 0 Å². The Bertz CT molecular complexity index is 650. The van der Waals surface area contributed by atoms with E-state index in [1.54, 1.807) is 7.11 Å². The molecule has 2 aromatic heterocycles. The fourth-order valence-electron chi connectivity index (χ4n) is 3.12. The van der Waals surface area contributed by atoms with Gasteiger partial charge in [-0.3, -0.25) is 4.79 Å². The van der Waals surface area contributed by atoms with Gasteiger partial charge in [0.05, 0.1) is 6.61 Å². The molecule has 0 N–H and O–H groups in total. The predicted octanol–water partition coefficient (Wildman–Crippen LogP) is 1.61. The van der Waals surface area contributed by atoms with Crippen molar-refractivity contribution in [3.8, 4) is 0 Å². The molecule has 0 aromatic carbocycles. The summed E-state index contributed by atoms with van der Waals surface area (Å²) in [4.78, 5) is 18.3. The highest BCUT2D eigenvalue weighted by atomic mass is 16.5. The molecule has 112 valence electrons. The molecule has 1 saturated heterocycles. The van der Waals surface area contributed by atoms with Gasteiger partial charge in [0, 0.05) is 51.4 Å². The number of aryl methyl sites for hydroxylation is 1. The average molecular weight is 287 g/mol. The van der Waals surface area contributed by atoms with E-state index in [2.05, 4.69) is 17.1 Å². The first-order valence-electron chi connectivity index (χ1n) is 7.34. The van der Waals surface area contributed by atoms with Crippen LogP contribution in [0.15, 0.2) is 24.5 Å². The molecule has 1 aliphatic heterocycles. The Morgan fingerprint density at radius 2 is 2.29 bits per heavy atom. The Balaban J connectivity index is 1.73. The predicted molar refractivity (Wildman–Crippen MR) is 81.0 cm³/mol. The molecule has 5 nitrogen and oxygen atoms in total. The summed E-state index contributed by atoms with van der Waals surface area (Å²) in [6.45, 7) is 2.14. The molecule has 3 heterocycles. The summed E-state index contributed by atoms with van der Waals surface area (Å²) in [7, 11) is 3.67. The molecule has 1 fully saturated rings. The summed E-state index contributed by atoms with van der Waals surface area (Å²) in [5.74, 6) is 0.635. The number of carbonyl (C=O) groups excluding carboxylic acids is 1. The zero-order chi connectivity index (χ0) is 14.8. The largest absolute Gasteiger partial charge is 0.383 e. The number of hydrogen-bond acceptors (Lipinski definition) is 3. The topological polar surface area (TPSA) is 47.4 Å². The minimum atomic E-state index is 0.246. The third-order valence-corrected chi connectivity index (χ3v) is 4.23. The first-order valence-corrected chi connectivity index (χ1v) is 7.34. The molecule has 1 amide bonds. The van der Waals surface area contributed by atoms with Crippen molar-refractivity contribution in [1.82, 2.24) is 14.5 Å². The first-order chi connectivity index (χ1) is 10.2. The van der Waals surface area contributed by atoms with Gasteiger partial charge in [0.2, 0.25) is 5.91 Å². The van der Waals surface area contributed by atoms with Crippen LogP contribution in [0.3, 0.4) is 0 Å². The fraction of sp³-hybridized carbons (Fsp3) is 0.500. The van der Waals surface area contributed by atoms with E-state index in [1.165, 1.54) is 10.9 Å². The fourth-order valence-corrected chi connectivity index (χ4v) is 3.12. The van der Waals surface area contributed by atoms with Crippen LogP contribution < -0.4 is 0 Å². The lowest BCUT2D eigenvalue weighted by atomic mass is 9.97. The van der Waals surface area contributed by atoms with Crippen LogP contribution in [0.25, 0.3) is 11.0 Å². The molecule has 2 aromatic rings. The van der Waals surface area contributed by atoms with Crippen molar-refractivity contribution < 1.29 is 9.53 Å². The van der Waals surface area contributed by atoms with E-state index in [-0.39, 0.29) is 5.91 Å². The molecule has 0 radical (unpaired) electrons. The van der Waals surface area contributed by atoms with Crippen molar-refractivity contribution in [3.05, 3.63) is 30.1 Å². The summed E-state index contributed by atoms with van der Waals surface area (Å²) in [5, 5.41) is 1.20. The first kappa shape index (κ1) is 14.1. The molecule has 1 aliphatic rings. The standard InChI is InChI=1S/C16H21N3O2/c1-18-6-4-14-13(3-5-17-16(14)18)9-12-10-15(20)19(11-12)7-8-21-2/h3-6,12H,7-11H2,1-2H3. The molecule has 5 heteroatoms. The Kier molecular flexibility index (Phi) is 3.92. The number of hydrogen-bond donors (Lipinski definition) is 0. The zero-order valence-corrected chi connectivity index (χ0v) is 12.6. The lowest BCUT2D eigenvalue weighted by Gasteiger charge is -2.16. The van der Waals surface area contributed by atoms with Crippen molar-refractivity contribution in [2.75, 3.05) is 26.8 Å². The van der Waals surface area contributed by atoms with Crippen LogP contribution in [0.4, 0.5) is 0 Å². The maximum Gasteiger partial charge on any atom is 0.223 e. The second-order valence-electron chi connectivity index (χ2n) is 5.74. The van der Waals surface area contributed by atoms with Gasteiger partial charge in [-0.15, -0.1) is 0 Å². The van der Waals surface area contributed by atoms with Crippen LogP contribution in [0.1, 0.15) is 12.0 Å². The van der Waals surface area contributed by atoms with Gasteiger partial charge in [-0.2, -0.15) is 0 Å². The van der Waals surface area contributed by atoms with Crippen LogP contribution in [-0.4, -0.2) is 47.2 Å². The summed E-state index contributed by atoms with van der Waals surface area (Å²) >= 11 is 0. The maximum atomic E-state index is 12.0. The molecule has 0 bridgehead atoms. The highest BCUT2D eigenvalue weighted by molar-refractivity contribution is 5.81. The quantitative estimate of drug-likeness (QED) is 0.839. The van der Waals surface area contributed by atoms with Crippen molar-refractivity contribution >= 4 is 16.9 Å². The van der Waals surface area contributed by atoms with Crippen molar-refractivity contribution in [1.29, 1.82) is 0 Å². The summed E-state index contributed by atoms with van der Waals surface area (Å²) in [6.07, 6.45) is 5.46. The Labute approximate surface area is 124 Å². The number of nitrogens with zero attached hydrogens (tertiary/aromatic N) is 3. The SMILES string of the molecule is COCCN1CC(Cc2ccnc3c2ccn3C)CC1=O. The molecular formula is C16H21N3O2. The third kappa shape index (κ3) is 2.78. The lowest BCUT2D eigenvalue weighted by molar-refractivity contribution is -0.128. The Morgan fingerprint density at radius 1 is 1.43 bits per heavy atom. The molecule has 3 rings (SSSR count). The molecule has 0 spiro atoms. The van der Waals surface area contributed by atoms with Crippen LogP contribution in [-0.2, 0) is 23.0 Å². The second-order valence-corrected chi connectivity index (χ2v) is 5.74. The van der Waals surface area contributed by atoms with Crippen molar-refractivity contribution in [2.45, 2.75) is 12.8 Å². The minimum Gasteiger partial charge on any atom is -0.383 e. The zero-order valence-electron chi connectivity index (χ0n) is 12.6. The van der Waals surface area contributed by atoms with Crippen LogP contribution in [0.5, 0.6) is 0 Å². The van der Waals surface area contributed by atoms with E-state index in [0.29, 0.717) is 25.5 Å². The van der Waals surface area contributed by atoms with E-state index < -0.39 is 0 Å². The molecule has 1 atom stereocenters. The van der Waals surface area contributed by atoms with Gasteiger partial charge < -0.3 is 14.2 Å². The summed E-state index contributed by atoms with van der Waals surface area (Å²) < 4.78 is 7.09. The van der Waals surface area contributed by atoms with Gasteiger partial charge in [0.15, 0.2) is 0 Å². The van der Waals surface area contributed by atoms with Crippen LogP contribution >= 0.6 is 0 Å². The van der Waals surface area contributed by atoms with Crippen molar-refractivity contribution in [2.24, 2.45) is 13.0 Å². The van der Waals surface area contributed by atoms with Gasteiger partial charge in [0.1, 0.15) is 5.65 Å². The van der Waals surface area contributed by atoms with Gasteiger partial charge >= 0.3 is 0 Å². The molecule has 0 saturated carbocycles. The molecule has 0 aliphatic carbocycles.